The molecule has 0 atom stereocenters. The van der Waals surface area contributed by atoms with E-state index in [0.717, 1.165) is 42.3 Å². The molecule has 1 aromatic carbocycles. The molecule has 4 N–H and O–H groups in total. The fourth-order valence-electron chi connectivity index (χ4n) is 3.51. The van der Waals surface area contributed by atoms with Crippen molar-refractivity contribution in [2.24, 2.45) is 21.5 Å². The highest BCUT2D eigenvalue weighted by atomic mass is 79.9. The van der Waals surface area contributed by atoms with E-state index in [-0.39, 0.29) is 5.66 Å². The van der Waals surface area contributed by atoms with Gasteiger partial charge in [-0.2, -0.15) is 4.99 Å². The zero-order chi connectivity index (χ0) is 15.7. The molecule has 0 unspecified atom stereocenters. The van der Waals surface area contributed by atoms with Crippen LogP contribution in [0.4, 0.5) is 5.69 Å². The van der Waals surface area contributed by atoms with E-state index in [1.807, 2.05) is 0 Å². The lowest BCUT2D eigenvalue weighted by Crippen LogP contribution is -2.58. The molecule has 0 saturated heterocycles. The standard InChI is InChI=1S/C16H22BrN5/c1-2-11-6-7-12(17)10-13(11)22-15(19)20-14(18)21-16(22)8-4-3-5-9-16/h6-7,10H,2-5,8-9H2,1H3,(H4,18,19,20,21). The molecule has 5 nitrogen and oxygen atoms in total. The molecule has 0 radical (unpaired) electrons. The molecule has 118 valence electrons. The van der Waals surface area contributed by atoms with Crippen LogP contribution in [0.25, 0.3) is 0 Å². The number of rotatable bonds is 2. The Labute approximate surface area is 139 Å². The van der Waals surface area contributed by atoms with E-state index in [1.165, 1.54) is 12.0 Å². The summed E-state index contributed by atoms with van der Waals surface area (Å²) in [7, 11) is 0. The van der Waals surface area contributed by atoms with E-state index in [9.17, 15) is 0 Å². The molecule has 0 aromatic heterocycles. The van der Waals surface area contributed by atoms with E-state index < -0.39 is 0 Å². The second-order valence-corrected chi connectivity index (χ2v) is 6.86. The summed E-state index contributed by atoms with van der Waals surface area (Å²) >= 11 is 3.57. The van der Waals surface area contributed by atoms with Crippen molar-refractivity contribution in [2.45, 2.75) is 51.1 Å². The van der Waals surface area contributed by atoms with Gasteiger partial charge in [0.05, 0.1) is 5.69 Å². The van der Waals surface area contributed by atoms with Crippen molar-refractivity contribution in [1.29, 1.82) is 0 Å². The van der Waals surface area contributed by atoms with Gasteiger partial charge in [0.2, 0.25) is 11.9 Å². The molecule has 1 aliphatic carbocycles. The summed E-state index contributed by atoms with van der Waals surface area (Å²) in [4.78, 5) is 11.1. The van der Waals surface area contributed by atoms with Gasteiger partial charge in [0.15, 0.2) is 0 Å². The topological polar surface area (TPSA) is 80.0 Å². The third-order valence-electron chi connectivity index (χ3n) is 4.52. The van der Waals surface area contributed by atoms with Gasteiger partial charge in [0, 0.05) is 4.47 Å². The van der Waals surface area contributed by atoms with Crippen LogP contribution < -0.4 is 16.4 Å². The molecule has 22 heavy (non-hydrogen) atoms. The summed E-state index contributed by atoms with van der Waals surface area (Å²) in [5.41, 5.74) is 14.1. The lowest BCUT2D eigenvalue weighted by molar-refractivity contribution is 0.305. The van der Waals surface area contributed by atoms with Gasteiger partial charge in [-0.05, 0) is 49.8 Å². The Hall–Kier alpha value is -1.56. The zero-order valence-corrected chi connectivity index (χ0v) is 14.4. The molecule has 1 saturated carbocycles. The SMILES string of the molecule is CCc1ccc(Br)cc1N1C(N)=NC(N)=NC12CCCCC2. The average molecular weight is 364 g/mol. The highest BCUT2D eigenvalue weighted by Gasteiger charge is 2.43. The fraction of sp³-hybridized carbons (Fsp3) is 0.500. The van der Waals surface area contributed by atoms with Crippen molar-refractivity contribution in [3.05, 3.63) is 28.2 Å². The van der Waals surface area contributed by atoms with Crippen LogP contribution in [0, 0.1) is 0 Å². The molecule has 0 bridgehead atoms. The molecular formula is C16H22BrN5. The maximum Gasteiger partial charge on any atom is 0.220 e. The van der Waals surface area contributed by atoms with Crippen LogP contribution in [-0.4, -0.2) is 17.6 Å². The Balaban J connectivity index is 2.14. The summed E-state index contributed by atoms with van der Waals surface area (Å²) in [6, 6.07) is 6.30. The summed E-state index contributed by atoms with van der Waals surface area (Å²) in [6.45, 7) is 2.15. The number of anilines is 1. The van der Waals surface area contributed by atoms with Crippen molar-refractivity contribution < 1.29 is 0 Å². The summed E-state index contributed by atoms with van der Waals surface area (Å²) in [6.07, 6.45) is 6.36. The third-order valence-corrected chi connectivity index (χ3v) is 5.01. The number of guanidine groups is 2. The first kappa shape index (κ1) is 15.3. The van der Waals surface area contributed by atoms with E-state index >= 15 is 0 Å². The molecule has 1 aliphatic heterocycles. The minimum absolute atomic E-state index is 0.295. The Kier molecular flexibility index (Phi) is 4.12. The summed E-state index contributed by atoms with van der Waals surface area (Å²) in [5, 5.41) is 0. The smallest absolute Gasteiger partial charge is 0.220 e. The molecule has 2 aliphatic rings. The number of hydrogen-bond acceptors (Lipinski definition) is 5. The van der Waals surface area contributed by atoms with Crippen molar-refractivity contribution in [1.82, 2.24) is 0 Å². The second kappa shape index (κ2) is 5.91. The van der Waals surface area contributed by atoms with Gasteiger partial charge in [0.25, 0.3) is 0 Å². The fourth-order valence-corrected chi connectivity index (χ4v) is 3.86. The molecular weight excluding hydrogens is 342 g/mol. The van der Waals surface area contributed by atoms with Crippen LogP contribution in [0.5, 0.6) is 0 Å². The van der Waals surface area contributed by atoms with Gasteiger partial charge in [-0.3, -0.25) is 4.90 Å². The highest BCUT2D eigenvalue weighted by Crippen LogP contribution is 2.41. The number of hydrogen-bond donors (Lipinski definition) is 2. The molecule has 1 heterocycles. The first-order valence-electron chi connectivity index (χ1n) is 7.84. The molecule has 3 rings (SSSR count). The lowest BCUT2D eigenvalue weighted by Gasteiger charge is -2.46. The largest absolute Gasteiger partial charge is 0.369 e. The third kappa shape index (κ3) is 2.60. The van der Waals surface area contributed by atoms with Crippen molar-refractivity contribution in [3.8, 4) is 0 Å². The van der Waals surface area contributed by atoms with E-state index in [1.54, 1.807) is 0 Å². The van der Waals surface area contributed by atoms with E-state index in [0.29, 0.717) is 11.9 Å². The number of benzene rings is 1. The number of halogens is 1. The predicted molar refractivity (Wildman–Crippen MR) is 95.1 cm³/mol. The lowest BCUT2D eigenvalue weighted by atomic mass is 9.87. The Morgan fingerprint density at radius 3 is 2.64 bits per heavy atom. The Bertz CT molecular complexity index is 631. The monoisotopic (exact) mass is 363 g/mol. The molecule has 6 heteroatoms. The van der Waals surface area contributed by atoms with Crippen molar-refractivity contribution in [3.63, 3.8) is 0 Å². The van der Waals surface area contributed by atoms with Crippen LogP contribution >= 0.6 is 15.9 Å². The number of aliphatic imine (C=N–C) groups is 2. The molecule has 1 aromatic rings. The minimum Gasteiger partial charge on any atom is -0.369 e. The van der Waals surface area contributed by atoms with Gasteiger partial charge in [-0.1, -0.05) is 35.3 Å². The van der Waals surface area contributed by atoms with E-state index in [2.05, 4.69) is 50.9 Å². The van der Waals surface area contributed by atoms with Gasteiger partial charge in [-0.15, -0.1) is 0 Å². The Morgan fingerprint density at radius 2 is 1.95 bits per heavy atom. The van der Waals surface area contributed by atoms with Crippen LogP contribution in [-0.2, 0) is 6.42 Å². The number of aryl methyl sites for hydroxylation is 1. The maximum atomic E-state index is 6.28. The average Bonchev–Trinajstić information content (AvgIpc) is 2.47. The normalized spacial score (nSPS) is 20.7. The Morgan fingerprint density at radius 1 is 1.23 bits per heavy atom. The summed E-state index contributed by atoms with van der Waals surface area (Å²) < 4.78 is 1.03. The first-order valence-corrected chi connectivity index (χ1v) is 8.63. The number of nitrogens with zero attached hydrogens (tertiary/aromatic N) is 3. The van der Waals surface area contributed by atoms with Crippen molar-refractivity contribution in [2.75, 3.05) is 4.90 Å². The van der Waals surface area contributed by atoms with Crippen LogP contribution in [0.15, 0.2) is 32.7 Å². The second-order valence-electron chi connectivity index (χ2n) is 5.95. The minimum atomic E-state index is -0.376. The highest BCUT2D eigenvalue weighted by molar-refractivity contribution is 9.10. The number of nitrogens with two attached hydrogens (primary N) is 2. The quantitative estimate of drug-likeness (QED) is 0.846. The van der Waals surface area contributed by atoms with Gasteiger partial charge in [0.1, 0.15) is 5.66 Å². The predicted octanol–water partition coefficient (Wildman–Crippen LogP) is 3.12. The van der Waals surface area contributed by atoms with Crippen LogP contribution in [0.1, 0.15) is 44.6 Å². The van der Waals surface area contributed by atoms with Gasteiger partial charge >= 0.3 is 0 Å². The zero-order valence-electron chi connectivity index (χ0n) is 12.8. The maximum absolute atomic E-state index is 6.28. The van der Waals surface area contributed by atoms with E-state index in [4.69, 9.17) is 16.5 Å². The van der Waals surface area contributed by atoms with Crippen molar-refractivity contribution >= 4 is 33.5 Å². The van der Waals surface area contributed by atoms with Crippen LogP contribution in [0.3, 0.4) is 0 Å². The molecule has 1 fully saturated rings. The van der Waals surface area contributed by atoms with Crippen LogP contribution in [0.2, 0.25) is 0 Å². The van der Waals surface area contributed by atoms with Gasteiger partial charge < -0.3 is 11.5 Å². The summed E-state index contributed by atoms with van der Waals surface area (Å²) in [5.74, 6) is 0.742. The van der Waals surface area contributed by atoms with Gasteiger partial charge in [-0.25, -0.2) is 4.99 Å². The molecule has 0 amide bonds. The molecule has 1 spiro atoms. The first-order chi connectivity index (χ1) is 10.6.